The average Bonchev–Trinajstić information content (AvgIpc) is 2.96. The SMILES string of the molecule is O=C1CC(CO)CN1c1ccc(-c2cccc(O)c2CO)cc1. The van der Waals surface area contributed by atoms with Crippen molar-refractivity contribution in [1.82, 2.24) is 0 Å². The van der Waals surface area contributed by atoms with Gasteiger partial charge in [0.25, 0.3) is 0 Å². The Balaban J connectivity index is 1.89. The van der Waals surface area contributed by atoms with Crippen LogP contribution in [0.5, 0.6) is 5.75 Å². The van der Waals surface area contributed by atoms with E-state index in [4.69, 9.17) is 0 Å². The van der Waals surface area contributed by atoms with Gasteiger partial charge in [0.1, 0.15) is 5.75 Å². The van der Waals surface area contributed by atoms with Crippen LogP contribution in [0, 0.1) is 5.92 Å². The van der Waals surface area contributed by atoms with Gasteiger partial charge in [-0.05, 0) is 29.3 Å². The van der Waals surface area contributed by atoms with Crippen LogP contribution in [0.4, 0.5) is 5.69 Å². The predicted octanol–water partition coefficient (Wildman–Crippen LogP) is 1.90. The Kier molecular flexibility index (Phi) is 4.32. The summed E-state index contributed by atoms with van der Waals surface area (Å²) in [4.78, 5) is 13.7. The van der Waals surface area contributed by atoms with Gasteiger partial charge in [-0.15, -0.1) is 0 Å². The number of phenols is 1. The van der Waals surface area contributed by atoms with Crippen LogP contribution in [-0.4, -0.2) is 34.4 Å². The van der Waals surface area contributed by atoms with Gasteiger partial charge in [0.15, 0.2) is 0 Å². The van der Waals surface area contributed by atoms with Crippen molar-refractivity contribution >= 4 is 11.6 Å². The molecule has 23 heavy (non-hydrogen) atoms. The fourth-order valence-corrected chi connectivity index (χ4v) is 2.99. The van der Waals surface area contributed by atoms with E-state index in [-0.39, 0.29) is 30.8 Å². The van der Waals surface area contributed by atoms with E-state index < -0.39 is 0 Å². The van der Waals surface area contributed by atoms with E-state index in [0.29, 0.717) is 18.5 Å². The molecule has 5 nitrogen and oxygen atoms in total. The number of anilines is 1. The van der Waals surface area contributed by atoms with E-state index in [2.05, 4.69) is 0 Å². The molecule has 1 amide bonds. The number of aromatic hydroxyl groups is 1. The number of rotatable bonds is 4. The van der Waals surface area contributed by atoms with Crippen LogP contribution >= 0.6 is 0 Å². The van der Waals surface area contributed by atoms with Gasteiger partial charge in [0, 0.05) is 36.7 Å². The minimum absolute atomic E-state index is 0.00533. The molecule has 0 saturated carbocycles. The Hall–Kier alpha value is -2.37. The lowest BCUT2D eigenvalue weighted by Crippen LogP contribution is -2.24. The average molecular weight is 313 g/mol. The summed E-state index contributed by atoms with van der Waals surface area (Å²) in [6.07, 6.45) is 0.374. The first kappa shape index (κ1) is 15.5. The van der Waals surface area contributed by atoms with Crippen molar-refractivity contribution in [1.29, 1.82) is 0 Å². The Morgan fingerprint density at radius 2 is 1.83 bits per heavy atom. The summed E-state index contributed by atoms with van der Waals surface area (Å²) >= 11 is 0. The maximum absolute atomic E-state index is 12.0. The Morgan fingerprint density at radius 1 is 1.09 bits per heavy atom. The summed E-state index contributed by atoms with van der Waals surface area (Å²) in [5.74, 6) is 0.0778. The van der Waals surface area contributed by atoms with Crippen LogP contribution in [0.15, 0.2) is 42.5 Å². The molecule has 1 saturated heterocycles. The highest BCUT2D eigenvalue weighted by atomic mass is 16.3. The quantitative estimate of drug-likeness (QED) is 0.805. The van der Waals surface area contributed by atoms with E-state index in [1.54, 1.807) is 17.0 Å². The zero-order chi connectivity index (χ0) is 16.4. The van der Waals surface area contributed by atoms with Crippen LogP contribution in [-0.2, 0) is 11.4 Å². The molecule has 1 heterocycles. The minimum atomic E-state index is -0.244. The van der Waals surface area contributed by atoms with Crippen LogP contribution in [0.25, 0.3) is 11.1 Å². The van der Waals surface area contributed by atoms with Crippen LogP contribution in [0.3, 0.4) is 0 Å². The molecule has 5 heteroatoms. The molecular weight excluding hydrogens is 294 g/mol. The second kappa shape index (κ2) is 6.40. The number of aliphatic hydroxyl groups is 2. The molecule has 0 aromatic heterocycles. The van der Waals surface area contributed by atoms with Gasteiger partial charge >= 0.3 is 0 Å². The molecule has 3 rings (SSSR count). The molecule has 1 fully saturated rings. The number of amides is 1. The fraction of sp³-hybridized carbons (Fsp3) is 0.278. The number of aliphatic hydroxyl groups excluding tert-OH is 2. The predicted molar refractivity (Wildman–Crippen MR) is 87.0 cm³/mol. The second-order valence-electron chi connectivity index (χ2n) is 5.77. The van der Waals surface area contributed by atoms with Gasteiger partial charge in [0.05, 0.1) is 6.61 Å². The lowest BCUT2D eigenvalue weighted by molar-refractivity contribution is -0.117. The molecule has 120 valence electrons. The van der Waals surface area contributed by atoms with E-state index >= 15 is 0 Å². The summed E-state index contributed by atoms with van der Waals surface area (Å²) in [6, 6.07) is 12.5. The molecule has 1 atom stereocenters. The van der Waals surface area contributed by atoms with E-state index in [0.717, 1.165) is 16.8 Å². The van der Waals surface area contributed by atoms with Crippen molar-refractivity contribution in [2.24, 2.45) is 5.92 Å². The van der Waals surface area contributed by atoms with Crippen molar-refractivity contribution in [3.05, 3.63) is 48.0 Å². The normalized spacial score (nSPS) is 17.7. The van der Waals surface area contributed by atoms with Crippen LogP contribution in [0.2, 0.25) is 0 Å². The van der Waals surface area contributed by atoms with Crippen molar-refractivity contribution < 1.29 is 20.1 Å². The van der Waals surface area contributed by atoms with Crippen molar-refractivity contribution in [2.75, 3.05) is 18.1 Å². The van der Waals surface area contributed by atoms with Crippen LogP contribution < -0.4 is 4.90 Å². The van der Waals surface area contributed by atoms with Gasteiger partial charge < -0.3 is 20.2 Å². The Labute approximate surface area is 134 Å². The molecule has 3 N–H and O–H groups in total. The summed E-state index contributed by atoms with van der Waals surface area (Å²) in [5, 5.41) is 28.5. The first-order valence-corrected chi connectivity index (χ1v) is 7.57. The fourth-order valence-electron chi connectivity index (χ4n) is 2.99. The summed E-state index contributed by atoms with van der Waals surface area (Å²) < 4.78 is 0. The summed E-state index contributed by atoms with van der Waals surface area (Å²) in [5.41, 5.74) is 2.90. The van der Waals surface area contributed by atoms with Gasteiger partial charge in [-0.3, -0.25) is 4.79 Å². The van der Waals surface area contributed by atoms with Gasteiger partial charge in [0.2, 0.25) is 5.91 Å². The maximum atomic E-state index is 12.0. The minimum Gasteiger partial charge on any atom is -0.508 e. The molecule has 0 radical (unpaired) electrons. The lowest BCUT2D eigenvalue weighted by atomic mass is 9.99. The Morgan fingerprint density at radius 3 is 2.43 bits per heavy atom. The molecule has 1 aliphatic heterocycles. The third kappa shape index (κ3) is 2.93. The standard InChI is InChI=1S/C18H19NO4/c20-10-12-8-18(23)19(9-12)14-6-4-13(5-7-14)15-2-1-3-17(22)16(15)11-21/h1-7,12,20-22H,8-11H2. The van der Waals surface area contributed by atoms with Gasteiger partial charge in [-0.25, -0.2) is 0 Å². The molecule has 1 aliphatic rings. The molecule has 2 aromatic carbocycles. The van der Waals surface area contributed by atoms with Crippen molar-refractivity contribution in [2.45, 2.75) is 13.0 Å². The third-order valence-electron chi connectivity index (χ3n) is 4.26. The molecule has 1 unspecified atom stereocenters. The zero-order valence-corrected chi connectivity index (χ0v) is 12.6. The monoisotopic (exact) mass is 313 g/mol. The number of benzene rings is 2. The van der Waals surface area contributed by atoms with Crippen molar-refractivity contribution in [3.8, 4) is 16.9 Å². The second-order valence-corrected chi connectivity index (χ2v) is 5.77. The number of hydrogen-bond donors (Lipinski definition) is 3. The van der Waals surface area contributed by atoms with E-state index in [1.807, 2.05) is 30.3 Å². The number of hydrogen-bond acceptors (Lipinski definition) is 4. The first-order chi connectivity index (χ1) is 11.1. The molecule has 0 aliphatic carbocycles. The highest BCUT2D eigenvalue weighted by Crippen LogP contribution is 2.32. The summed E-state index contributed by atoms with van der Waals surface area (Å²) in [6.45, 7) is 0.304. The highest BCUT2D eigenvalue weighted by Gasteiger charge is 2.29. The topological polar surface area (TPSA) is 81.0 Å². The first-order valence-electron chi connectivity index (χ1n) is 7.57. The molecular formula is C18H19NO4. The third-order valence-corrected chi connectivity index (χ3v) is 4.26. The largest absolute Gasteiger partial charge is 0.508 e. The summed E-state index contributed by atoms with van der Waals surface area (Å²) in [7, 11) is 0. The number of carbonyl (C=O) groups excluding carboxylic acids is 1. The van der Waals surface area contributed by atoms with Gasteiger partial charge in [-0.2, -0.15) is 0 Å². The zero-order valence-electron chi connectivity index (χ0n) is 12.6. The van der Waals surface area contributed by atoms with Gasteiger partial charge in [-0.1, -0.05) is 24.3 Å². The lowest BCUT2D eigenvalue weighted by Gasteiger charge is -2.17. The van der Waals surface area contributed by atoms with Crippen molar-refractivity contribution in [3.63, 3.8) is 0 Å². The Bertz CT molecular complexity index is 711. The molecule has 2 aromatic rings. The molecule has 0 spiro atoms. The van der Waals surface area contributed by atoms with E-state index in [9.17, 15) is 20.1 Å². The maximum Gasteiger partial charge on any atom is 0.227 e. The highest BCUT2D eigenvalue weighted by molar-refractivity contribution is 5.96. The van der Waals surface area contributed by atoms with E-state index in [1.165, 1.54) is 0 Å². The number of carbonyl (C=O) groups is 1. The van der Waals surface area contributed by atoms with Crippen LogP contribution in [0.1, 0.15) is 12.0 Å². The molecule has 0 bridgehead atoms. The number of nitrogens with zero attached hydrogens (tertiary/aromatic N) is 1. The smallest absolute Gasteiger partial charge is 0.227 e.